The molecule has 4 unspecified atom stereocenters. The Bertz CT molecular complexity index is 1130. The molecular formula is C24H21F5N2O3. The van der Waals surface area contributed by atoms with Gasteiger partial charge in [-0.15, -0.1) is 0 Å². The molecule has 34 heavy (non-hydrogen) atoms. The summed E-state index contributed by atoms with van der Waals surface area (Å²) in [6, 6.07) is 8.24. The fourth-order valence-corrected chi connectivity index (χ4v) is 4.65. The molecular weight excluding hydrogens is 459 g/mol. The average molecular weight is 480 g/mol. The highest BCUT2D eigenvalue weighted by molar-refractivity contribution is 5.89. The topological polar surface area (TPSA) is 67.4 Å². The summed E-state index contributed by atoms with van der Waals surface area (Å²) in [5.74, 6) is -16.6. The van der Waals surface area contributed by atoms with Gasteiger partial charge in [0.05, 0.1) is 25.0 Å². The van der Waals surface area contributed by atoms with Gasteiger partial charge in [0.1, 0.15) is 0 Å². The van der Waals surface area contributed by atoms with E-state index in [1.807, 2.05) is 18.2 Å². The largest absolute Gasteiger partial charge is 0.465 e. The van der Waals surface area contributed by atoms with Crippen LogP contribution >= 0.6 is 0 Å². The Kier molecular flexibility index (Phi) is 6.58. The number of ketones is 1. The van der Waals surface area contributed by atoms with Crippen LogP contribution in [0.1, 0.15) is 24.0 Å². The molecule has 1 fully saturated rings. The molecule has 0 radical (unpaired) electrons. The summed E-state index contributed by atoms with van der Waals surface area (Å²) in [6.45, 7) is 1.21. The number of nitrogens with one attached hydrogen (secondary N) is 2. The molecule has 2 aliphatic rings. The van der Waals surface area contributed by atoms with Crippen LogP contribution in [0.3, 0.4) is 0 Å². The van der Waals surface area contributed by atoms with Gasteiger partial charge in [0.2, 0.25) is 5.82 Å². The van der Waals surface area contributed by atoms with E-state index in [0.29, 0.717) is 6.42 Å². The molecule has 0 saturated carbocycles. The van der Waals surface area contributed by atoms with E-state index in [0.717, 1.165) is 5.56 Å². The van der Waals surface area contributed by atoms with E-state index >= 15 is 0 Å². The second-order valence-corrected chi connectivity index (χ2v) is 8.30. The van der Waals surface area contributed by atoms with E-state index in [-0.39, 0.29) is 18.8 Å². The number of ether oxygens (including phenoxy) is 1. The summed E-state index contributed by atoms with van der Waals surface area (Å²) in [5.41, 5.74) is -0.118. The third-order valence-electron chi connectivity index (χ3n) is 6.22. The fraction of sp³-hybridized carbons (Fsp3) is 0.333. The Morgan fingerprint density at radius 3 is 2.26 bits per heavy atom. The number of hydrogen-bond acceptors (Lipinski definition) is 5. The quantitative estimate of drug-likeness (QED) is 0.297. The average Bonchev–Trinajstić information content (AvgIpc) is 2.82. The Balaban J connectivity index is 1.74. The predicted octanol–water partition coefficient (Wildman–Crippen LogP) is 3.49. The van der Waals surface area contributed by atoms with Gasteiger partial charge in [-0.2, -0.15) is 0 Å². The lowest BCUT2D eigenvalue weighted by atomic mass is 9.67. The lowest BCUT2D eigenvalue weighted by Crippen LogP contribution is -2.55. The van der Waals surface area contributed by atoms with Crippen molar-refractivity contribution in [1.82, 2.24) is 10.6 Å². The van der Waals surface area contributed by atoms with Gasteiger partial charge in [0.25, 0.3) is 0 Å². The van der Waals surface area contributed by atoms with E-state index in [4.69, 9.17) is 4.74 Å². The zero-order valence-electron chi connectivity index (χ0n) is 18.0. The molecule has 10 heteroatoms. The first-order chi connectivity index (χ1) is 16.2. The lowest BCUT2D eigenvalue weighted by Gasteiger charge is -2.44. The Labute approximate surface area is 192 Å². The monoisotopic (exact) mass is 480 g/mol. The smallest absolute Gasteiger partial charge is 0.311 e. The molecule has 0 spiro atoms. The number of halogens is 5. The summed E-state index contributed by atoms with van der Waals surface area (Å²) in [5, 5.41) is 5.64. The number of piperidine rings is 1. The molecule has 4 atom stereocenters. The van der Waals surface area contributed by atoms with Gasteiger partial charge in [-0.3, -0.25) is 9.59 Å². The maximum atomic E-state index is 14.9. The Morgan fingerprint density at radius 2 is 1.62 bits per heavy atom. The van der Waals surface area contributed by atoms with Crippen molar-refractivity contribution in [2.75, 3.05) is 13.2 Å². The van der Waals surface area contributed by atoms with Gasteiger partial charge < -0.3 is 15.4 Å². The van der Waals surface area contributed by atoms with Crippen molar-refractivity contribution < 1.29 is 36.3 Å². The van der Waals surface area contributed by atoms with Gasteiger partial charge >= 0.3 is 5.97 Å². The zero-order chi connectivity index (χ0) is 24.6. The van der Waals surface area contributed by atoms with E-state index in [1.165, 1.54) is 13.1 Å². The van der Waals surface area contributed by atoms with Crippen molar-refractivity contribution >= 4 is 11.8 Å². The predicted molar refractivity (Wildman–Crippen MR) is 111 cm³/mol. The van der Waals surface area contributed by atoms with Gasteiger partial charge in [0, 0.05) is 35.8 Å². The van der Waals surface area contributed by atoms with E-state index in [2.05, 4.69) is 10.6 Å². The molecule has 0 aliphatic carbocycles. The van der Waals surface area contributed by atoms with Crippen LogP contribution in [0.4, 0.5) is 22.0 Å². The highest BCUT2D eigenvalue weighted by Gasteiger charge is 2.51. The molecule has 2 N–H and O–H groups in total. The van der Waals surface area contributed by atoms with Crippen LogP contribution in [0.5, 0.6) is 0 Å². The molecule has 2 aliphatic heterocycles. The standard InChI is InChI=1S/C24H21F5N2O3/c1-11-15(24(33)34-8-7-12-5-3-2-4-6-12)17(16-13(31-11)9-30-10-14(16)32)18-19(25)21(27)23(29)22(28)20(18)26/h2-6,9,11,15-17,30-31H,7-8,10H2,1H3. The summed E-state index contributed by atoms with van der Waals surface area (Å²) in [6.07, 6.45) is 1.75. The van der Waals surface area contributed by atoms with Crippen LogP contribution in [-0.4, -0.2) is 30.9 Å². The number of esters is 1. The minimum absolute atomic E-state index is 0.0707. The van der Waals surface area contributed by atoms with Gasteiger partial charge in [-0.1, -0.05) is 30.3 Å². The van der Waals surface area contributed by atoms with E-state index < -0.39 is 70.2 Å². The summed E-state index contributed by atoms with van der Waals surface area (Å²) < 4.78 is 77.0. The molecule has 4 rings (SSSR count). The minimum atomic E-state index is -2.31. The molecule has 2 aromatic carbocycles. The number of carbonyl (C=O) groups is 2. The second-order valence-electron chi connectivity index (χ2n) is 8.30. The van der Waals surface area contributed by atoms with Gasteiger partial charge in [-0.25, -0.2) is 22.0 Å². The van der Waals surface area contributed by atoms with Crippen LogP contribution in [0.25, 0.3) is 0 Å². The first kappa shape index (κ1) is 23.7. The number of carbonyl (C=O) groups excluding carboxylic acids is 2. The van der Waals surface area contributed by atoms with Crippen molar-refractivity contribution in [3.05, 3.63) is 82.4 Å². The van der Waals surface area contributed by atoms with Crippen molar-refractivity contribution in [3.63, 3.8) is 0 Å². The third kappa shape index (κ3) is 4.12. The molecule has 180 valence electrons. The lowest BCUT2D eigenvalue weighted by molar-refractivity contribution is -0.152. The molecule has 1 saturated heterocycles. The molecule has 0 aromatic heterocycles. The summed E-state index contributed by atoms with van der Waals surface area (Å²) in [4.78, 5) is 25.9. The minimum Gasteiger partial charge on any atom is -0.465 e. The molecule has 2 heterocycles. The molecule has 5 nitrogen and oxygen atoms in total. The SMILES string of the molecule is CC1NC2=CNCC(=O)C2C(c2c(F)c(F)c(F)c(F)c2F)C1C(=O)OCCc1ccccc1. The highest BCUT2D eigenvalue weighted by atomic mass is 19.2. The van der Waals surface area contributed by atoms with Crippen LogP contribution in [0.15, 0.2) is 42.2 Å². The maximum absolute atomic E-state index is 14.9. The number of allylic oxidation sites excluding steroid dienone is 1. The van der Waals surface area contributed by atoms with E-state index in [9.17, 15) is 31.5 Å². The van der Waals surface area contributed by atoms with Crippen LogP contribution in [-0.2, 0) is 20.7 Å². The number of fused-ring (bicyclic) bond motifs is 1. The maximum Gasteiger partial charge on any atom is 0.311 e. The van der Waals surface area contributed by atoms with E-state index in [1.54, 1.807) is 12.1 Å². The number of hydrogen-bond donors (Lipinski definition) is 2. The van der Waals surface area contributed by atoms with Gasteiger partial charge in [-0.05, 0) is 12.5 Å². The van der Waals surface area contributed by atoms with Crippen LogP contribution in [0.2, 0.25) is 0 Å². The van der Waals surface area contributed by atoms with Crippen LogP contribution in [0, 0.1) is 40.9 Å². The highest BCUT2D eigenvalue weighted by Crippen LogP contribution is 2.46. The first-order valence-corrected chi connectivity index (χ1v) is 10.7. The van der Waals surface area contributed by atoms with Gasteiger partial charge in [0.15, 0.2) is 29.1 Å². The molecule has 2 aromatic rings. The zero-order valence-corrected chi connectivity index (χ0v) is 18.0. The molecule has 0 amide bonds. The normalized spacial score (nSPS) is 23.9. The number of Topliss-reactive ketones (excluding diaryl/α,β-unsaturated/α-hetero) is 1. The van der Waals surface area contributed by atoms with Crippen molar-refractivity contribution in [2.24, 2.45) is 11.8 Å². The van der Waals surface area contributed by atoms with Crippen LogP contribution < -0.4 is 10.6 Å². The molecule has 0 bridgehead atoms. The number of benzene rings is 2. The summed E-state index contributed by atoms with van der Waals surface area (Å²) >= 11 is 0. The third-order valence-corrected chi connectivity index (χ3v) is 6.22. The number of rotatable bonds is 5. The summed E-state index contributed by atoms with van der Waals surface area (Å²) in [7, 11) is 0. The Hall–Kier alpha value is -3.43. The van der Waals surface area contributed by atoms with Crippen molar-refractivity contribution in [1.29, 1.82) is 0 Å². The van der Waals surface area contributed by atoms with Crippen molar-refractivity contribution in [3.8, 4) is 0 Å². The fourth-order valence-electron chi connectivity index (χ4n) is 4.65. The van der Waals surface area contributed by atoms with Crippen molar-refractivity contribution in [2.45, 2.75) is 25.3 Å². The second kappa shape index (κ2) is 9.44. The first-order valence-electron chi connectivity index (χ1n) is 10.7. The Morgan fingerprint density at radius 1 is 1.00 bits per heavy atom.